The molecule has 144 valence electrons. The van der Waals surface area contributed by atoms with Crippen molar-refractivity contribution in [1.29, 1.82) is 0 Å². The highest BCUT2D eigenvalue weighted by molar-refractivity contribution is 7.91. The van der Waals surface area contributed by atoms with Gasteiger partial charge in [0, 0.05) is 12.1 Å². The van der Waals surface area contributed by atoms with Crippen LogP contribution in [0, 0.1) is 6.92 Å². The average molecular weight is 393 g/mol. The van der Waals surface area contributed by atoms with Crippen molar-refractivity contribution in [3.05, 3.63) is 45.8 Å². The lowest BCUT2D eigenvalue weighted by Gasteiger charge is -2.16. The van der Waals surface area contributed by atoms with Crippen molar-refractivity contribution in [2.45, 2.75) is 32.4 Å². The van der Waals surface area contributed by atoms with Gasteiger partial charge in [-0.3, -0.25) is 9.59 Å². The Hall–Kier alpha value is -2.68. The summed E-state index contributed by atoms with van der Waals surface area (Å²) in [6.07, 6.45) is -0.840. The van der Waals surface area contributed by atoms with Crippen molar-refractivity contribution in [3.63, 3.8) is 0 Å². The van der Waals surface area contributed by atoms with Crippen LogP contribution in [0.25, 0.3) is 11.0 Å². The predicted molar refractivity (Wildman–Crippen MR) is 97.3 cm³/mol. The molecule has 1 saturated heterocycles. The van der Waals surface area contributed by atoms with Crippen LogP contribution >= 0.6 is 0 Å². The number of fused-ring (bicyclic) bond motifs is 1. The second kappa shape index (κ2) is 7.15. The van der Waals surface area contributed by atoms with Gasteiger partial charge < -0.3 is 14.5 Å². The van der Waals surface area contributed by atoms with E-state index < -0.39 is 33.9 Å². The zero-order valence-corrected chi connectivity index (χ0v) is 15.7. The first-order valence-electron chi connectivity index (χ1n) is 8.41. The van der Waals surface area contributed by atoms with Gasteiger partial charge in [-0.2, -0.15) is 0 Å². The molecule has 2 atom stereocenters. The molecule has 0 unspecified atom stereocenters. The summed E-state index contributed by atoms with van der Waals surface area (Å²) in [5, 5.41) is 2.90. The Labute approximate surface area is 155 Å². The Bertz CT molecular complexity index is 1070. The summed E-state index contributed by atoms with van der Waals surface area (Å²) < 4.78 is 33.3. The number of amides is 1. The maximum Gasteiger partial charge on any atom is 0.375 e. The molecule has 8 nitrogen and oxygen atoms in total. The first kappa shape index (κ1) is 19.1. The van der Waals surface area contributed by atoms with Gasteiger partial charge >= 0.3 is 5.97 Å². The molecule has 27 heavy (non-hydrogen) atoms. The Morgan fingerprint density at radius 2 is 2.04 bits per heavy atom. The Morgan fingerprint density at radius 3 is 2.70 bits per heavy atom. The molecule has 0 aliphatic carbocycles. The highest BCUT2D eigenvalue weighted by atomic mass is 32.2. The maximum absolute atomic E-state index is 12.2. The van der Waals surface area contributed by atoms with Crippen LogP contribution in [-0.4, -0.2) is 43.9 Å². The molecule has 2 heterocycles. The summed E-state index contributed by atoms with van der Waals surface area (Å²) in [5.74, 6) is -1.97. The van der Waals surface area contributed by atoms with E-state index in [1.807, 2.05) is 6.92 Å². The van der Waals surface area contributed by atoms with Crippen molar-refractivity contribution < 1.29 is 27.2 Å². The van der Waals surface area contributed by atoms with Crippen molar-refractivity contribution in [1.82, 2.24) is 5.32 Å². The Morgan fingerprint density at radius 1 is 1.30 bits per heavy atom. The van der Waals surface area contributed by atoms with Gasteiger partial charge in [-0.15, -0.1) is 0 Å². The van der Waals surface area contributed by atoms with Crippen LogP contribution in [-0.2, 0) is 19.4 Å². The first-order chi connectivity index (χ1) is 12.6. The molecule has 0 bridgehead atoms. The van der Waals surface area contributed by atoms with Gasteiger partial charge in [0.1, 0.15) is 5.58 Å². The molecule has 0 spiro atoms. The standard InChI is InChI=1S/C18H19NO7S/c1-10-3-4-15-13(7-10)14(20)8-16(26-15)18(22)25-11(2)17(21)19-12-5-6-27(23,24)9-12/h3-4,7-8,11-12H,5-6,9H2,1-2H3,(H,19,21)/t11-,12-/m0/s1. The zero-order valence-electron chi connectivity index (χ0n) is 14.9. The molecule has 1 amide bonds. The molecular weight excluding hydrogens is 374 g/mol. The van der Waals surface area contributed by atoms with E-state index in [0.717, 1.165) is 11.6 Å². The molecule has 3 rings (SSSR count). The van der Waals surface area contributed by atoms with Crippen LogP contribution in [0.3, 0.4) is 0 Å². The van der Waals surface area contributed by atoms with Crippen LogP contribution < -0.4 is 10.7 Å². The molecule has 1 N–H and O–H groups in total. The summed E-state index contributed by atoms with van der Waals surface area (Å²) in [6, 6.07) is 5.51. The summed E-state index contributed by atoms with van der Waals surface area (Å²) >= 11 is 0. The largest absolute Gasteiger partial charge is 0.449 e. The SMILES string of the molecule is Cc1ccc2oc(C(=O)O[C@@H](C)C(=O)N[C@H]3CCS(=O)(=O)C3)cc(=O)c2c1. The second-order valence-electron chi connectivity index (χ2n) is 6.63. The normalized spacial score (nSPS) is 19.6. The van der Waals surface area contributed by atoms with Gasteiger partial charge in [-0.05, 0) is 32.4 Å². The lowest BCUT2D eigenvalue weighted by atomic mass is 10.1. The zero-order chi connectivity index (χ0) is 19.8. The van der Waals surface area contributed by atoms with Crippen LogP contribution in [0.5, 0.6) is 0 Å². The third-order valence-electron chi connectivity index (χ3n) is 4.32. The van der Waals surface area contributed by atoms with E-state index in [-0.39, 0.29) is 28.3 Å². The first-order valence-corrected chi connectivity index (χ1v) is 10.2. The molecule has 9 heteroatoms. The number of sulfone groups is 1. The summed E-state index contributed by atoms with van der Waals surface area (Å²) in [5.41, 5.74) is 0.734. The molecule has 1 fully saturated rings. The third-order valence-corrected chi connectivity index (χ3v) is 6.08. The van der Waals surface area contributed by atoms with Gasteiger partial charge in [0.15, 0.2) is 21.4 Å². The number of ether oxygens (including phenoxy) is 1. The number of benzene rings is 1. The fourth-order valence-electron chi connectivity index (χ4n) is 2.87. The summed E-state index contributed by atoms with van der Waals surface area (Å²) in [6.45, 7) is 3.19. The van der Waals surface area contributed by atoms with E-state index in [1.54, 1.807) is 18.2 Å². The van der Waals surface area contributed by atoms with Crippen LogP contribution in [0.1, 0.15) is 29.5 Å². The van der Waals surface area contributed by atoms with Gasteiger partial charge in [-0.1, -0.05) is 11.6 Å². The second-order valence-corrected chi connectivity index (χ2v) is 8.86. The average Bonchev–Trinajstić information content (AvgIpc) is 2.93. The Kier molecular flexibility index (Phi) is 5.05. The molecule has 1 aromatic heterocycles. The minimum atomic E-state index is -3.13. The van der Waals surface area contributed by atoms with E-state index in [0.29, 0.717) is 11.8 Å². The maximum atomic E-state index is 12.2. The number of nitrogens with one attached hydrogen (secondary N) is 1. The van der Waals surface area contributed by atoms with Gasteiger partial charge in [0.25, 0.3) is 5.91 Å². The van der Waals surface area contributed by atoms with Crippen LogP contribution in [0.4, 0.5) is 0 Å². The van der Waals surface area contributed by atoms with E-state index in [2.05, 4.69) is 5.32 Å². The van der Waals surface area contributed by atoms with E-state index >= 15 is 0 Å². The van der Waals surface area contributed by atoms with Crippen LogP contribution in [0.15, 0.2) is 33.5 Å². The topological polar surface area (TPSA) is 120 Å². The lowest BCUT2D eigenvalue weighted by Crippen LogP contribution is -2.42. The van der Waals surface area contributed by atoms with Crippen molar-refractivity contribution in [3.8, 4) is 0 Å². The minimum Gasteiger partial charge on any atom is -0.449 e. The predicted octanol–water partition coefficient (Wildman–Crippen LogP) is 0.950. The van der Waals surface area contributed by atoms with Crippen LogP contribution in [0.2, 0.25) is 0 Å². The fraction of sp³-hybridized carbons (Fsp3) is 0.389. The number of hydrogen-bond donors (Lipinski definition) is 1. The molecule has 2 aromatic rings. The number of rotatable bonds is 4. The molecule has 0 radical (unpaired) electrons. The summed E-state index contributed by atoms with van der Waals surface area (Å²) in [7, 11) is -3.13. The van der Waals surface area contributed by atoms with Crippen molar-refractivity contribution in [2.24, 2.45) is 0 Å². The smallest absolute Gasteiger partial charge is 0.375 e. The number of carbonyl (C=O) groups excluding carboxylic acids is 2. The lowest BCUT2D eigenvalue weighted by molar-refractivity contribution is -0.129. The molecule has 1 aromatic carbocycles. The highest BCUT2D eigenvalue weighted by Crippen LogP contribution is 2.16. The minimum absolute atomic E-state index is 0.0217. The quantitative estimate of drug-likeness (QED) is 0.768. The van der Waals surface area contributed by atoms with Crippen molar-refractivity contribution >= 4 is 32.7 Å². The highest BCUT2D eigenvalue weighted by Gasteiger charge is 2.31. The number of carbonyl (C=O) groups is 2. The van der Waals surface area contributed by atoms with E-state index in [1.165, 1.54) is 6.92 Å². The van der Waals surface area contributed by atoms with Crippen molar-refractivity contribution in [2.75, 3.05) is 11.5 Å². The number of esters is 1. The molecule has 0 saturated carbocycles. The van der Waals surface area contributed by atoms with Gasteiger partial charge in [0.05, 0.1) is 16.9 Å². The Balaban J connectivity index is 1.69. The molecular formula is C18H19NO7S. The van der Waals surface area contributed by atoms with E-state index in [9.17, 15) is 22.8 Å². The molecule has 1 aliphatic rings. The monoisotopic (exact) mass is 393 g/mol. The van der Waals surface area contributed by atoms with Gasteiger partial charge in [0.2, 0.25) is 5.76 Å². The van der Waals surface area contributed by atoms with Gasteiger partial charge in [-0.25, -0.2) is 13.2 Å². The number of hydrogen-bond acceptors (Lipinski definition) is 7. The summed E-state index contributed by atoms with van der Waals surface area (Å²) in [4.78, 5) is 36.5. The third kappa shape index (κ3) is 4.36. The number of aryl methyl sites for hydroxylation is 1. The fourth-order valence-corrected chi connectivity index (χ4v) is 4.54. The van der Waals surface area contributed by atoms with E-state index in [4.69, 9.17) is 9.15 Å². The molecule has 1 aliphatic heterocycles.